The highest BCUT2D eigenvalue weighted by Gasteiger charge is 2.25. The maximum atomic E-state index is 10.9. The van der Waals surface area contributed by atoms with Crippen molar-refractivity contribution in [3.8, 4) is 0 Å². The molecule has 1 aliphatic rings. The van der Waals surface area contributed by atoms with Crippen molar-refractivity contribution in [1.29, 1.82) is 0 Å². The standard InChI is InChI=1S/C12H15NO.ClH/c14-9-11-8-13-7-6-12(11)10-4-2-1-3-5-10;/h1-5,9,11-13H,6-8H2;1H. The lowest BCUT2D eigenvalue weighted by Gasteiger charge is -2.28. The molecule has 2 rings (SSSR count). The summed E-state index contributed by atoms with van der Waals surface area (Å²) in [5.41, 5.74) is 1.30. The number of piperidine rings is 1. The van der Waals surface area contributed by atoms with Gasteiger partial charge in [-0.3, -0.25) is 0 Å². The van der Waals surface area contributed by atoms with Gasteiger partial charge in [0, 0.05) is 12.5 Å². The molecule has 1 N–H and O–H groups in total. The van der Waals surface area contributed by atoms with E-state index in [2.05, 4.69) is 17.4 Å². The van der Waals surface area contributed by atoms with Gasteiger partial charge in [-0.05, 0) is 24.4 Å². The molecule has 0 amide bonds. The molecular weight excluding hydrogens is 210 g/mol. The average molecular weight is 226 g/mol. The van der Waals surface area contributed by atoms with Crippen molar-refractivity contribution < 1.29 is 4.79 Å². The van der Waals surface area contributed by atoms with Crippen molar-refractivity contribution in [2.45, 2.75) is 12.3 Å². The summed E-state index contributed by atoms with van der Waals surface area (Å²) in [5, 5.41) is 3.25. The second-order valence-electron chi connectivity index (χ2n) is 3.81. The topological polar surface area (TPSA) is 29.1 Å². The molecule has 2 nitrogen and oxygen atoms in total. The van der Waals surface area contributed by atoms with E-state index in [1.165, 1.54) is 5.56 Å². The highest BCUT2D eigenvalue weighted by atomic mass is 35.5. The molecule has 1 aromatic carbocycles. The van der Waals surface area contributed by atoms with Gasteiger partial charge in [-0.1, -0.05) is 30.3 Å². The van der Waals surface area contributed by atoms with Crippen molar-refractivity contribution in [2.24, 2.45) is 5.92 Å². The van der Waals surface area contributed by atoms with Crippen LogP contribution >= 0.6 is 12.4 Å². The molecule has 82 valence electrons. The fourth-order valence-corrected chi connectivity index (χ4v) is 2.14. The van der Waals surface area contributed by atoms with Crippen LogP contribution in [0.4, 0.5) is 0 Å². The third kappa shape index (κ3) is 2.80. The summed E-state index contributed by atoms with van der Waals surface area (Å²) in [6, 6.07) is 10.3. The molecule has 0 bridgehead atoms. The average Bonchev–Trinajstić information content (AvgIpc) is 2.30. The molecule has 0 saturated carbocycles. The van der Waals surface area contributed by atoms with Gasteiger partial charge in [0.1, 0.15) is 6.29 Å². The Kier molecular flexibility index (Phi) is 4.79. The van der Waals surface area contributed by atoms with Crippen LogP contribution < -0.4 is 5.32 Å². The first-order valence-corrected chi connectivity index (χ1v) is 5.13. The molecule has 15 heavy (non-hydrogen) atoms. The van der Waals surface area contributed by atoms with Gasteiger partial charge in [-0.15, -0.1) is 12.4 Å². The van der Waals surface area contributed by atoms with Gasteiger partial charge in [-0.25, -0.2) is 0 Å². The van der Waals surface area contributed by atoms with Gasteiger partial charge < -0.3 is 10.1 Å². The summed E-state index contributed by atoms with van der Waals surface area (Å²) in [7, 11) is 0. The summed E-state index contributed by atoms with van der Waals surface area (Å²) >= 11 is 0. The second-order valence-corrected chi connectivity index (χ2v) is 3.81. The Morgan fingerprint density at radius 3 is 2.67 bits per heavy atom. The van der Waals surface area contributed by atoms with Crippen molar-refractivity contribution in [3.63, 3.8) is 0 Å². The minimum atomic E-state index is 0. The zero-order valence-corrected chi connectivity index (χ0v) is 9.37. The number of rotatable bonds is 2. The lowest BCUT2D eigenvalue weighted by molar-refractivity contribution is -0.112. The van der Waals surface area contributed by atoms with E-state index in [1.54, 1.807) is 0 Å². The summed E-state index contributed by atoms with van der Waals surface area (Å²) < 4.78 is 0. The van der Waals surface area contributed by atoms with E-state index in [1.807, 2.05) is 18.2 Å². The highest BCUT2D eigenvalue weighted by Crippen LogP contribution is 2.28. The Balaban J connectivity index is 0.00000112. The van der Waals surface area contributed by atoms with Gasteiger partial charge in [0.05, 0.1) is 0 Å². The molecule has 0 aliphatic carbocycles. The van der Waals surface area contributed by atoms with E-state index in [9.17, 15) is 4.79 Å². The van der Waals surface area contributed by atoms with Crippen LogP contribution in [0.25, 0.3) is 0 Å². The molecule has 3 heteroatoms. The maximum Gasteiger partial charge on any atom is 0.124 e. The predicted octanol–water partition coefficient (Wildman–Crippen LogP) is 2.00. The van der Waals surface area contributed by atoms with Crippen molar-refractivity contribution in [3.05, 3.63) is 35.9 Å². The van der Waals surface area contributed by atoms with Gasteiger partial charge in [-0.2, -0.15) is 0 Å². The fraction of sp³-hybridized carbons (Fsp3) is 0.417. The Bertz CT molecular complexity index is 302. The normalized spacial score (nSPS) is 25.3. The first-order valence-electron chi connectivity index (χ1n) is 5.13. The molecule has 1 fully saturated rings. The van der Waals surface area contributed by atoms with Gasteiger partial charge >= 0.3 is 0 Å². The monoisotopic (exact) mass is 225 g/mol. The first kappa shape index (κ1) is 12.2. The number of hydrogen-bond acceptors (Lipinski definition) is 2. The fourth-order valence-electron chi connectivity index (χ4n) is 2.14. The second kappa shape index (κ2) is 5.89. The molecule has 1 aliphatic heterocycles. The molecule has 2 unspecified atom stereocenters. The van der Waals surface area contributed by atoms with Crippen molar-refractivity contribution in [1.82, 2.24) is 5.32 Å². The number of hydrogen-bond donors (Lipinski definition) is 1. The van der Waals surface area contributed by atoms with Crippen LogP contribution in [0.3, 0.4) is 0 Å². The third-order valence-electron chi connectivity index (χ3n) is 2.93. The number of benzene rings is 1. The summed E-state index contributed by atoms with van der Waals surface area (Å²) in [5.74, 6) is 0.557. The quantitative estimate of drug-likeness (QED) is 0.781. The van der Waals surface area contributed by atoms with Crippen LogP contribution in [0.1, 0.15) is 17.9 Å². The van der Waals surface area contributed by atoms with Crippen LogP contribution in [0.15, 0.2) is 30.3 Å². The number of halogens is 1. The predicted molar refractivity (Wildman–Crippen MR) is 63.5 cm³/mol. The van der Waals surface area contributed by atoms with E-state index in [0.29, 0.717) is 5.92 Å². The smallest absolute Gasteiger partial charge is 0.124 e. The molecule has 0 radical (unpaired) electrons. The maximum absolute atomic E-state index is 10.9. The number of carbonyl (C=O) groups excluding carboxylic acids is 1. The van der Waals surface area contributed by atoms with Crippen LogP contribution in [-0.4, -0.2) is 19.4 Å². The van der Waals surface area contributed by atoms with E-state index in [-0.39, 0.29) is 18.3 Å². The zero-order chi connectivity index (χ0) is 9.80. The third-order valence-corrected chi connectivity index (χ3v) is 2.93. The van der Waals surface area contributed by atoms with Gasteiger partial charge in [0.2, 0.25) is 0 Å². The van der Waals surface area contributed by atoms with E-state index in [4.69, 9.17) is 0 Å². The molecule has 0 spiro atoms. The lowest BCUT2D eigenvalue weighted by Crippen LogP contribution is -2.36. The number of nitrogens with one attached hydrogen (secondary N) is 1. The molecule has 1 saturated heterocycles. The summed E-state index contributed by atoms with van der Waals surface area (Å²) in [4.78, 5) is 10.9. The largest absolute Gasteiger partial charge is 0.316 e. The number of carbonyl (C=O) groups is 1. The molecule has 1 aromatic rings. The first-order chi connectivity index (χ1) is 6.92. The van der Waals surface area contributed by atoms with Gasteiger partial charge in [0.15, 0.2) is 0 Å². The van der Waals surface area contributed by atoms with Crippen LogP contribution in [0, 0.1) is 5.92 Å². The summed E-state index contributed by atoms with van der Waals surface area (Å²) in [6.45, 7) is 1.84. The molecule has 0 aromatic heterocycles. The minimum absolute atomic E-state index is 0. The highest BCUT2D eigenvalue weighted by molar-refractivity contribution is 5.85. The lowest BCUT2D eigenvalue weighted by atomic mass is 9.82. The van der Waals surface area contributed by atoms with Gasteiger partial charge in [0.25, 0.3) is 0 Å². The van der Waals surface area contributed by atoms with Crippen molar-refractivity contribution >= 4 is 18.7 Å². The Labute approximate surface area is 96.5 Å². The van der Waals surface area contributed by atoms with Crippen molar-refractivity contribution in [2.75, 3.05) is 13.1 Å². The van der Waals surface area contributed by atoms with Crippen LogP contribution in [-0.2, 0) is 4.79 Å². The zero-order valence-electron chi connectivity index (χ0n) is 8.56. The van der Waals surface area contributed by atoms with Crippen LogP contribution in [0.5, 0.6) is 0 Å². The minimum Gasteiger partial charge on any atom is -0.316 e. The van der Waals surface area contributed by atoms with E-state index >= 15 is 0 Å². The van der Waals surface area contributed by atoms with E-state index < -0.39 is 0 Å². The molecule has 2 atom stereocenters. The molecule has 1 heterocycles. The number of aldehydes is 1. The SMILES string of the molecule is Cl.O=CC1CNCCC1c1ccccc1. The Morgan fingerprint density at radius 1 is 1.27 bits per heavy atom. The Morgan fingerprint density at radius 2 is 2.00 bits per heavy atom. The summed E-state index contributed by atoms with van der Waals surface area (Å²) in [6.07, 6.45) is 2.15. The molecular formula is C12H16ClNO. The van der Waals surface area contributed by atoms with Crippen LogP contribution in [0.2, 0.25) is 0 Å². The van der Waals surface area contributed by atoms with E-state index in [0.717, 1.165) is 25.8 Å². The Hall–Kier alpha value is -0.860.